The van der Waals surface area contributed by atoms with Gasteiger partial charge in [-0.25, -0.2) is 0 Å². The van der Waals surface area contributed by atoms with Gasteiger partial charge in [-0.3, -0.25) is 9.20 Å². The van der Waals surface area contributed by atoms with E-state index in [2.05, 4.69) is 0 Å². The lowest BCUT2D eigenvalue weighted by Gasteiger charge is -2.06. The van der Waals surface area contributed by atoms with Crippen LogP contribution in [0.2, 0.25) is 0 Å². The summed E-state index contributed by atoms with van der Waals surface area (Å²) < 4.78 is 7.62. The van der Waals surface area contributed by atoms with Gasteiger partial charge in [0.1, 0.15) is 5.52 Å². The number of hydrogen-bond acceptors (Lipinski definition) is 3. The highest BCUT2D eigenvalue weighted by Gasteiger charge is 2.21. The van der Waals surface area contributed by atoms with Crippen molar-refractivity contribution in [3.63, 3.8) is 0 Å². The third-order valence-electron chi connectivity index (χ3n) is 3.66. The second kappa shape index (κ2) is 3.60. The molecule has 0 aliphatic heterocycles. The highest BCUT2D eigenvalue weighted by atomic mass is 16.5. The lowest BCUT2D eigenvalue weighted by Crippen LogP contribution is -2.28. The first-order chi connectivity index (χ1) is 9.72. The van der Waals surface area contributed by atoms with E-state index in [0.29, 0.717) is 16.8 Å². The average molecular weight is 266 g/mol. The van der Waals surface area contributed by atoms with Gasteiger partial charge in [0.2, 0.25) is 11.7 Å². The summed E-state index contributed by atoms with van der Waals surface area (Å²) in [4.78, 5) is 12.2. The van der Waals surface area contributed by atoms with Crippen LogP contribution in [0.1, 0.15) is 0 Å². The smallest absolute Gasteiger partial charge is 0.256 e. The molecule has 5 nitrogen and oxygen atoms in total. The topological polar surface area (TPSA) is 57.7 Å². The minimum atomic E-state index is -0.156. The molecule has 0 aliphatic rings. The Hall–Kier alpha value is -2.82. The van der Waals surface area contributed by atoms with E-state index >= 15 is 0 Å². The van der Waals surface area contributed by atoms with E-state index in [0.717, 1.165) is 21.0 Å². The summed E-state index contributed by atoms with van der Waals surface area (Å²) in [5.74, 6) is 0.469. The molecule has 20 heavy (non-hydrogen) atoms. The molecule has 3 heterocycles. The van der Waals surface area contributed by atoms with Crippen LogP contribution in [0.25, 0.3) is 27.3 Å². The average Bonchev–Trinajstić information content (AvgIpc) is 2.81. The summed E-state index contributed by atoms with van der Waals surface area (Å²) in [5.41, 5.74) is 1.68. The van der Waals surface area contributed by atoms with Gasteiger partial charge in [0.05, 0.1) is 18.0 Å². The Morgan fingerprint density at radius 1 is 1.20 bits per heavy atom. The maximum Gasteiger partial charge on any atom is 0.256 e. The van der Waals surface area contributed by atoms with Gasteiger partial charge in [0.15, 0.2) is 5.75 Å². The number of rotatable bonds is 1. The third kappa shape index (κ3) is 1.17. The summed E-state index contributed by atoms with van der Waals surface area (Å²) in [6.45, 7) is 0. The highest BCUT2D eigenvalue weighted by molar-refractivity contribution is 6.14. The Morgan fingerprint density at radius 2 is 2.00 bits per heavy atom. The number of nitrogens with zero attached hydrogens (tertiary/aromatic N) is 2. The third-order valence-corrected chi connectivity index (χ3v) is 3.66. The van der Waals surface area contributed by atoms with E-state index in [9.17, 15) is 10.0 Å². The van der Waals surface area contributed by atoms with E-state index in [1.165, 1.54) is 19.4 Å². The summed E-state index contributed by atoms with van der Waals surface area (Å²) in [5, 5.41) is 13.8. The molecule has 0 aliphatic carbocycles. The zero-order valence-corrected chi connectivity index (χ0v) is 10.7. The quantitative estimate of drug-likeness (QED) is 0.389. The van der Waals surface area contributed by atoms with Gasteiger partial charge in [-0.2, -0.15) is 4.73 Å². The van der Waals surface area contributed by atoms with Crippen LogP contribution in [0.4, 0.5) is 0 Å². The van der Waals surface area contributed by atoms with Gasteiger partial charge in [-0.15, -0.1) is 0 Å². The maximum absolute atomic E-state index is 12.2. The predicted octanol–water partition coefficient (Wildman–Crippen LogP) is 1.69. The van der Waals surface area contributed by atoms with Crippen LogP contribution in [-0.4, -0.2) is 11.5 Å². The van der Waals surface area contributed by atoms with Crippen molar-refractivity contribution in [3.8, 4) is 5.75 Å². The van der Waals surface area contributed by atoms with Crippen molar-refractivity contribution in [2.45, 2.75) is 0 Å². The van der Waals surface area contributed by atoms with Crippen molar-refractivity contribution in [2.75, 3.05) is 7.11 Å². The van der Waals surface area contributed by atoms with Gasteiger partial charge in [0.25, 0.3) is 5.56 Å². The molecule has 98 valence electrons. The molecule has 0 bridgehead atoms. The van der Waals surface area contributed by atoms with Crippen molar-refractivity contribution in [1.29, 1.82) is 0 Å². The van der Waals surface area contributed by atoms with Crippen LogP contribution >= 0.6 is 0 Å². The molecule has 1 aromatic carbocycles. The summed E-state index contributed by atoms with van der Waals surface area (Å²) in [6.07, 6.45) is 1.40. The van der Waals surface area contributed by atoms with Crippen molar-refractivity contribution in [2.24, 2.45) is 0 Å². The number of fused-ring (bicyclic) bond motifs is 3. The van der Waals surface area contributed by atoms with E-state index in [1.807, 2.05) is 24.3 Å². The Balaban J connectivity index is 2.51. The molecule has 5 heteroatoms. The van der Waals surface area contributed by atoms with Crippen LogP contribution in [-0.2, 0) is 0 Å². The van der Waals surface area contributed by atoms with Crippen molar-refractivity contribution >= 4 is 27.3 Å². The van der Waals surface area contributed by atoms with Crippen LogP contribution in [0, 0.1) is 5.21 Å². The Kier molecular flexibility index (Phi) is 1.99. The van der Waals surface area contributed by atoms with Gasteiger partial charge in [-0.1, -0.05) is 18.2 Å². The number of hydrogen-bond donors (Lipinski definition) is 0. The number of aromatic nitrogens is 2. The lowest BCUT2D eigenvalue weighted by atomic mass is 10.1. The van der Waals surface area contributed by atoms with Gasteiger partial charge in [0, 0.05) is 17.5 Å². The van der Waals surface area contributed by atoms with Crippen molar-refractivity contribution < 1.29 is 9.47 Å². The largest absolute Gasteiger partial charge is 0.618 e. The Morgan fingerprint density at radius 3 is 2.80 bits per heavy atom. The molecular formula is C15H10N2O3. The Labute approximate surface area is 113 Å². The Bertz CT molecular complexity index is 1020. The molecule has 0 saturated carbocycles. The predicted molar refractivity (Wildman–Crippen MR) is 75.4 cm³/mol. The molecule has 0 radical (unpaired) electrons. The zero-order valence-electron chi connectivity index (χ0n) is 10.7. The van der Waals surface area contributed by atoms with E-state index in [4.69, 9.17) is 4.74 Å². The summed E-state index contributed by atoms with van der Waals surface area (Å²) in [6, 6.07) is 10.5. The molecule has 0 atom stereocenters. The first-order valence-electron chi connectivity index (χ1n) is 6.18. The normalized spacial score (nSPS) is 11.7. The summed E-state index contributed by atoms with van der Waals surface area (Å²) >= 11 is 0. The molecule has 0 unspecified atom stereocenters. The van der Waals surface area contributed by atoms with Crippen LogP contribution in [0.15, 0.2) is 47.4 Å². The lowest BCUT2D eigenvalue weighted by molar-refractivity contribution is -0.577. The first kappa shape index (κ1) is 11.0. The maximum atomic E-state index is 12.2. The molecule has 3 aromatic heterocycles. The molecule has 0 amide bonds. The van der Waals surface area contributed by atoms with Crippen LogP contribution < -0.4 is 15.0 Å². The number of para-hydroxylation sites is 1. The molecule has 4 rings (SSSR count). The fourth-order valence-corrected chi connectivity index (χ4v) is 2.84. The van der Waals surface area contributed by atoms with E-state index in [-0.39, 0.29) is 5.56 Å². The zero-order chi connectivity index (χ0) is 13.9. The molecule has 0 fully saturated rings. The van der Waals surface area contributed by atoms with Gasteiger partial charge >= 0.3 is 0 Å². The van der Waals surface area contributed by atoms with Gasteiger partial charge in [-0.05, 0) is 6.07 Å². The van der Waals surface area contributed by atoms with Crippen molar-refractivity contribution in [3.05, 3.63) is 58.2 Å². The monoisotopic (exact) mass is 266 g/mol. The molecule has 4 aromatic rings. The van der Waals surface area contributed by atoms with E-state index in [1.54, 1.807) is 10.5 Å². The van der Waals surface area contributed by atoms with Crippen LogP contribution in [0.5, 0.6) is 5.75 Å². The summed E-state index contributed by atoms with van der Waals surface area (Å²) in [7, 11) is 1.52. The highest BCUT2D eigenvalue weighted by Crippen LogP contribution is 2.35. The molecule has 0 spiro atoms. The molecule has 0 N–H and O–H groups in total. The number of pyridine rings is 2. The van der Waals surface area contributed by atoms with E-state index < -0.39 is 0 Å². The fourth-order valence-electron chi connectivity index (χ4n) is 2.84. The number of benzene rings is 1. The second-order valence-electron chi connectivity index (χ2n) is 4.66. The van der Waals surface area contributed by atoms with Crippen LogP contribution in [0.3, 0.4) is 0 Å². The standard InChI is InChI=1S/C15H10N2O3/c1-20-12-8-16(19)11-6-7-13(18)17-10-5-3-2-4-9(10)14(12)15(11)17/h2-8H,1H3. The second-order valence-corrected chi connectivity index (χ2v) is 4.66. The number of methoxy groups -OCH3 is 1. The molecular weight excluding hydrogens is 256 g/mol. The first-order valence-corrected chi connectivity index (χ1v) is 6.18. The molecule has 0 saturated heterocycles. The fraction of sp³-hybridized carbons (Fsp3) is 0.0667. The minimum Gasteiger partial charge on any atom is -0.618 e. The number of ether oxygens (including phenoxy) is 1. The minimum absolute atomic E-state index is 0.156. The van der Waals surface area contributed by atoms with Crippen molar-refractivity contribution in [1.82, 2.24) is 4.40 Å². The van der Waals surface area contributed by atoms with Gasteiger partial charge < -0.3 is 9.94 Å². The SMILES string of the molecule is COc1c[n+]([O-])c2ccc(=O)n3c4ccccc4c1c23.